The predicted octanol–water partition coefficient (Wildman–Crippen LogP) is 3.67. The number of amides is 3. The van der Waals surface area contributed by atoms with Crippen LogP contribution >= 0.6 is 0 Å². The van der Waals surface area contributed by atoms with Crippen LogP contribution in [-0.2, 0) is 4.79 Å². The second kappa shape index (κ2) is 11.4. The van der Waals surface area contributed by atoms with E-state index in [4.69, 9.17) is 4.74 Å². The van der Waals surface area contributed by atoms with Crippen molar-refractivity contribution in [1.29, 1.82) is 0 Å². The Bertz CT molecular complexity index is 1060. The highest BCUT2D eigenvalue weighted by molar-refractivity contribution is 5.98. The summed E-state index contributed by atoms with van der Waals surface area (Å²) in [6, 6.07) is 14.0. The SMILES string of the molecule is COc1cccc(C(=O)N[C@H](C(=O)N2CCCCC2)C2CCN(C(=O)c3cccc(C)c3)CC2)c1. The van der Waals surface area contributed by atoms with Gasteiger partial charge >= 0.3 is 0 Å². The molecule has 2 heterocycles. The Hall–Kier alpha value is -3.35. The second-order valence-electron chi connectivity index (χ2n) is 9.57. The van der Waals surface area contributed by atoms with Gasteiger partial charge in [0.05, 0.1) is 7.11 Å². The summed E-state index contributed by atoms with van der Waals surface area (Å²) in [5, 5.41) is 3.05. The second-order valence-corrected chi connectivity index (χ2v) is 9.57. The Morgan fingerprint density at radius 3 is 2.26 bits per heavy atom. The van der Waals surface area contributed by atoms with Gasteiger partial charge in [-0.1, -0.05) is 23.8 Å². The molecular formula is C28H35N3O4. The van der Waals surface area contributed by atoms with Gasteiger partial charge in [0.2, 0.25) is 5.91 Å². The number of nitrogens with zero attached hydrogens (tertiary/aromatic N) is 2. The summed E-state index contributed by atoms with van der Waals surface area (Å²) >= 11 is 0. The number of hydrogen-bond donors (Lipinski definition) is 1. The van der Waals surface area contributed by atoms with Crippen LogP contribution in [0, 0.1) is 12.8 Å². The first-order valence-electron chi connectivity index (χ1n) is 12.6. The van der Waals surface area contributed by atoms with E-state index >= 15 is 0 Å². The molecule has 4 rings (SSSR count). The minimum absolute atomic E-state index is 0.00981. The van der Waals surface area contributed by atoms with Gasteiger partial charge < -0.3 is 19.9 Å². The molecule has 2 aliphatic rings. The molecule has 2 aromatic rings. The topological polar surface area (TPSA) is 79.0 Å². The third kappa shape index (κ3) is 6.02. The van der Waals surface area contributed by atoms with Crippen LogP contribution in [-0.4, -0.2) is 66.9 Å². The van der Waals surface area contributed by atoms with Crippen molar-refractivity contribution < 1.29 is 19.1 Å². The van der Waals surface area contributed by atoms with Gasteiger partial charge in [-0.25, -0.2) is 0 Å². The predicted molar refractivity (Wildman–Crippen MR) is 134 cm³/mol. The van der Waals surface area contributed by atoms with Crippen LogP contribution in [0.2, 0.25) is 0 Å². The van der Waals surface area contributed by atoms with E-state index in [9.17, 15) is 14.4 Å². The maximum absolute atomic E-state index is 13.6. The number of piperidine rings is 2. The first-order valence-corrected chi connectivity index (χ1v) is 12.6. The molecule has 2 aromatic carbocycles. The zero-order valence-electron chi connectivity index (χ0n) is 20.7. The Balaban J connectivity index is 1.47. The molecule has 186 valence electrons. The fraction of sp³-hybridized carbons (Fsp3) is 0.464. The maximum atomic E-state index is 13.6. The smallest absolute Gasteiger partial charge is 0.253 e. The van der Waals surface area contributed by atoms with E-state index in [0.717, 1.165) is 37.9 Å². The van der Waals surface area contributed by atoms with Crippen molar-refractivity contribution >= 4 is 17.7 Å². The summed E-state index contributed by atoms with van der Waals surface area (Å²) in [6.07, 6.45) is 4.45. The molecule has 35 heavy (non-hydrogen) atoms. The molecule has 2 aliphatic heterocycles. The molecule has 0 radical (unpaired) electrons. The lowest BCUT2D eigenvalue weighted by Crippen LogP contribution is -2.55. The van der Waals surface area contributed by atoms with Gasteiger partial charge in [0.25, 0.3) is 11.8 Å². The number of hydrogen-bond acceptors (Lipinski definition) is 4. The van der Waals surface area contributed by atoms with Crippen LogP contribution in [0.25, 0.3) is 0 Å². The molecule has 0 aromatic heterocycles. The standard InChI is InChI=1S/C28H35N3O4/c1-20-8-6-10-23(18-20)27(33)31-16-12-21(13-17-31)25(28(34)30-14-4-3-5-15-30)29-26(32)22-9-7-11-24(19-22)35-2/h6-11,18-19,21,25H,3-5,12-17H2,1-2H3,(H,29,32)/t25-/m0/s1. The highest BCUT2D eigenvalue weighted by atomic mass is 16.5. The third-order valence-electron chi connectivity index (χ3n) is 7.12. The lowest BCUT2D eigenvalue weighted by Gasteiger charge is -2.38. The summed E-state index contributed by atoms with van der Waals surface area (Å²) < 4.78 is 5.25. The number of carbonyl (C=O) groups excluding carboxylic acids is 3. The Morgan fingerprint density at radius 2 is 1.57 bits per heavy atom. The third-order valence-corrected chi connectivity index (χ3v) is 7.12. The number of likely N-dealkylation sites (tertiary alicyclic amines) is 2. The Labute approximate surface area is 207 Å². The van der Waals surface area contributed by atoms with E-state index in [1.807, 2.05) is 41.0 Å². The summed E-state index contributed by atoms with van der Waals surface area (Å²) in [5.74, 6) is 0.300. The van der Waals surface area contributed by atoms with Crippen molar-refractivity contribution in [1.82, 2.24) is 15.1 Å². The van der Waals surface area contributed by atoms with E-state index < -0.39 is 6.04 Å². The van der Waals surface area contributed by atoms with Crippen LogP contribution in [0.4, 0.5) is 0 Å². The zero-order valence-corrected chi connectivity index (χ0v) is 20.7. The molecule has 0 spiro atoms. The molecule has 0 aliphatic carbocycles. The van der Waals surface area contributed by atoms with Crippen molar-refractivity contribution in [3.63, 3.8) is 0 Å². The summed E-state index contributed by atoms with van der Waals surface area (Å²) in [4.78, 5) is 43.5. The maximum Gasteiger partial charge on any atom is 0.253 e. The number of rotatable bonds is 6. The molecule has 0 saturated carbocycles. The van der Waals surface area contributed by atoms with E-state index in [0.29, 0.717) is 42.8 Å². The van der Waals surface area contributed by atoms with Crippen LogP contribution in [0.3, 0.4) is 0 Å². The quantitative estimate of drug-likeness (QED) is 0.689. The summed E-state index contributed by atoms with van der Waals surface area (Å²) in [5.41, 5.74) is 2.21. The van der Waals surface area contributed by atoms with Gasteiger partial charge in [-0.3, -0.25) is 14.4 Å². The van der Waals surface area contributed by atoms with E-state index in [1.54, 1.807) is 31.4 Å². The van der Waals surface area contributed by atoms with Gasteiger partial charge in [-0.15, -0.1) is 0 Å². The van der Waals surface area contributed by atoms with Gasteiger partial charge in [0.15, 0.2) is 0 Å². The molecule has 0 bridgehead atoms. The van der Waals surface area contributed by atoms with Crippen LogP contribution in [0.1, 0.15) is 58.4 Å². The van der Waals surface area contributed by atoms with E-state index in [1.165, 1.54) is 0 Å². The van der Waals surface area contributed by atoms with E-state index in [-0.39, 0.29) is 23.6 Å². The lowest BCUT2D eigenvalue weighted by atomic mass is 9.87. The van der Waals surface area contributed by atoms with Crippen molar-refractivity contribution in [2.45, 2.75) is 45.1 Å². The summed E-state index contributed by atoms with van der Waals surface area (Å²) in [7, 11) is 1.56. The van der Waals surface area contributed by atoms with Crippen LogP contribution < -0.4 is 10.1 Å². The molecule has 0 unspecified atom stereocenters. The number of ether oxygens (including phenoxy) is 1. The molecule has 2 fully saturated rings. The van der Waals surface area contributed by atoms with E-state index in [2.05, 4.69) is 5.32 Å². The number of carbonyl (C=O) groups is 3. The molecule has 1 atom stereocenters. The number of methoxy groups -OCH3 is 1. The van der Waals surface area contributed by atoms with Crippen LogP contribution in [0.5, 0.6) is 5.75 Å². The minimum atomic E-state index is -0.608. The highest BCUT2D eigenvalue weighted by Crippen LogP contribution is 2.25. The van der Waals surface area contributed by atoms with Gasteiger partial charge in [-0.05, 0) is 75.3 Å². The largest absolute Gasteiger partial charge is 0.497 e. The van der Waals surface area contributed by atoms with Gasteiger partial charge in [-0.2, -0.15) is 0 Å². The Kier molecular flexibility index (Phi) is 8.06. The number of benzene rings is 2. The van der Waals surface area contributed by atoms with Gasteiger partial charge in [0, 0.05) is 37.3 Å². The van der Waals surface area contributed by atoms with Crippen molar-refractivity contribution in [2.24, 2.45) is 5.92 Å². The van der Waals surface area contributed by atoms with Crippen LogP contribution in [0.15, 0.2) is 48.5 Å². The van der Waals surface area contributed by atoms with Crippen molar-refractivity contribution in [3.8, 4) is 5.75 Å². The molecule has 1 N–H and O–H groups in total. The van der Waals surface area contributed by atoms with Crippen molar-refractivity contribution in [3.05, 3.63) is 65.2 Å². The first-order chi connectivity index (χ1) is 17.0. The molecular weight excluding hydrogens is 442 g/mol. The zero-order chi connectivity index (χ0) is 24.8. The van der Waals surface area contributed by atoms with Crippen molar-refractivity contribution in [2.75, 3.05) is 33.3 Å². The number of aryl methyl sites for hydroxylation is 1. The minimum Gasteiger partial charge on any atom is -0.497 e. The average molecular weight is 478 g/mol. The molecule has 7 nitrogen and oxygen atoms in total. The fourth-order valence-electron chi connectivity index (χ4n) is 5.08. The summed E-state index contributed by atoms with van der Waals surface area (Å²) in [6.45, 7) is 4.57. The first kappa shape index (κ1) is 24.8. The normalized spacial score (nSPS) is 17.5. The molecule has 7 heteroatoms. The highest BCUT2D eigenvalue weighted by Gasteiger charge is 2.36. The lowest BCUT2D eigenvalue weighted by molar-refractivity contribution is -0.136. The average Bonchev–Trinajstić information content (AvgIpc) is 2.91. The molecule has 2 saturated heterocycles. The Morgan fingerprint density at radius 1 is 0.886 bits per heavy atom. The monoisotopic (exact) mass is 477 g/mol. The number of nitrogens with one attached hydrogen (secondary N) is 1. The fourth-order valence-corrected chi connectivity index (χ4v) is 5.08. The van der Waals surface area contributed by atoms with Gasteiger partial charge in [0.1, 0.15) is 11.8 Å². The molecule has 3 amide bonds.